The number of rotatable bonds is 8. The summed E-state index contributed by atoms with van der Waals surface area (Å²) >= 11 is 1.03. The van der Waals surface area contributed by atoms with Gasteiger partial charge in [0.2, 0.25) is 5.91 Å². The van der Waals surface area contributed by atoms with Crippen LogP contribution in [0, 0.1) is 0 Å². The molecular weight excluding hydrogens is 488 g/mol. The van der Waals surface area contributed by atoms with E-state index >= 15 is 0 Å². The first-order valence-electron chi connectivity index (χ1n) is 12.0. The molecule has 1 aromatic heterocycles. The predicted octanol–water partition coefficient (Wildman–Crippen LogP) is 5.54. The fraction of sp³-hybridized carbons (Fsp3) is 0.250. The van der Waals surface area contributed by atoms with Crippen molar-refractivity contribution >= 4 is 39.6 Å². The summed E-state index contributed by atoms with van der Waals surface area (Å²) in [5, 5.41) is 1.64. The third-order valence-electron chi connectivity index (χ3n) is 6.35. The van der Waals surface area contributed by atoms with Gasteiger partial charge in [-0.05, 0) is 59.9 Å². The Morgan fingerprint density at radius 3 is 2.49 bits per heavy atom. The van der Waals surface area contributed by atoms with Crippen molar-refractivity contribution in [2.45, 2.75) is 38.0 Å². The molecule has 1 aliphatic heterocycles. The normalized spacial score (nSPS) is 15.4. The zero-order valence-corrected chi connectivity index (χ0v) is 21.7. The molecule has 0 saturated carbocycles. The number of amides is 2. The van der Waals surface area contributed by atoms with E-state index in [-0.39, 0.29) is 16.4 Å². The summed E-state index contributed by atoms with van der Waals surface area (Å²) in [6.07, 6.45) is 0.491. The number of benzene rings is 3. The highest BCUT2D eigenvalue weighted by Crippen LogP contribution is 2.32. The van der Waals surface area contributed by atoms with Gasteiger partial charge in [0, 0.05) is 13.1 Å². The molecule has 1 unspecified atom stereocenters. The minimum absolute atomic E-state index is 0.238. The van der Waals surface area contributed by atoms with E-state index in [1.807, 2.05) is 72.3 Å². The molecule has 190 valence electrons. The fourth-order valence-corrected chi connectivity index (χ4v) is 5.03. The van der Waals surface area contributed by atoms with Crippen molar-refractivity contribution in [3.8, 4) is 17.2 Å². The van der Waals surface area contributed by atoms with Crippen LogP contribution in [-0.2, 0) is 24.9 Å². The lowest BCUT2D eigenvalue weighted by atomic mass is 10.0. The van der Waals surface area contributed by atoms with Gasteiger partial charge in [-0.25, -0.2) is 4.98 Å². The van der Waals surface area contributed by atoms with Crippen molar-refractivity contribution in [2.75, 3.05) is 5.73 Å². The fourth-order valence-electron chi connectivity index (χ4n) is 4.17. The molecule has 1 atom stereocenters. The summed E-state index contributed by atoms with van der Waals surface area (Å²) in [6.45, 7) is 4.55. The van der Waals surface area contributed by atoms with Gasteiger partial charge in [-0.3, -0.25) is 14.9 Å². The van der Waals surface area contributed by atoms with E-state index in [2.05, 4.69) is 19.2 Å². The Morgan fingerprint density at radius 1 is 1.05 bits per heavy atom. The number of aromatic nitrogens is 2. The largest absolute Gasteiger partial charge is 0.486 e. The zero-order valence-electron chi connectivity index (χ0n) is 20.9. The van der Waals surface area contributed by atoms with Crippen LogP contribution in [0.25, 0.3) is 11.0 Å². The number of ether oxygens (including phenoxy) is 2. The lowest BCUT2D eigenvalue weighted by molar-refractivity contribution is -0.118. The molecule has 1 saturated heterocycles. The Kier molecular flexibility index (Phi) is 6.80. The number of nitrogen functional groups attached to an aromatic ring is 1. The molecule has 0 bridgehead atoms. The molecule has 3 N–H and O–H groups in total. The molecule has 37 heavy (non-hydrogen) atoms. The van der Waals surface area contributed by atoms with E-state index in [4.69, 9.17) is 20.2 Å². The Bertz CT molecular complexity index is 1480. The highest BCUT2D eigenvalue weighted by molar-refractivity contribution is 8.15. The Hall–Kier alpha value is -3.98. The van der Waals surface area contributed by atoms with Crippen molar-refractivity contribution in [1.29, 1.82) is 0 Å². The second kappa shape index (κ2) is 10.2. The molecule has 9 heteroatoms. The molecule has 1 fully saturated rings. The van der Waals surface area contributed by atoms with E-state index in [9.17, 15) is 9.59 Å². The lowest BCUT2D eigenvalue weighted by Crippen LogP contribution is -2.25. The second-order valence-corrected chi connectivity index (χ2v) is 10.5. The Labute approximate surface area is 219 Å². The molecule has 3 aromatic carbocycles. The number of nitrogens with zero attached hydrogens (tertiary/aromatic N) is 2. The molecule has 1 aliphatic rings. The summed E-state index contributed by atoms with van der Waals surface area (Å²) in [6, 6.07) is 19.2. The molecule has 0 spiro atoms. The summed E-state index contributed by atoms with van der Waals surface area (Å²) in [5.41, 5.74) is 10.7. The first-order chi connectivity index (χ1) is 17.8. The number of fused-ring (bicyclic) bond motifs is 1. The first-order valence-corrected chi connectivity index (χ1v) is 12.9. The summed E-state index contributed by atoms with van der Waals surface area (Å²) in [4.78, 5) is 27.8. The summed E-state index contributed by atoms with van der Waals surface area (Å²) in [7, 11) is 1.94. The quantitative estimate of drug-likeness (QED) is 0.296. The van der Waals surface area contributed by atoms with Gasteiger partial charge in [0.1, 0.15) is 29.7 Å². The van der Waals surface area contributed by atoms with Gasteiger partial charge < -0.3 is 19.8 Å². The molecule has 2 amide bonds. The van der Waals surface area contributed by atoms with Crippen molar-refractivity contribution in [3.05, 3.63) is 77.6 Å². The lowest BCUT2D eigenvalue weighted by Gasteiger charge is -2.12. The first kappa shape index (κ1) is 24.7. The number of hydrogen-bond donors (Lipinski definition) is 2. The predicted molar refractivity (Wildman–Crippen MR) is 145 cm³/mol. The van der Waals surface area contributed by atoms with Crippen LogP contribution in [-0.4, -0.2) is 25.9 Å². The Morgan fingerprint density at radius 2 is 1.81 bits per heavy atom. The summed E-state index contributed by atoms with van der Waals surface area (Å²) in [5.74, 6) is 2.93. The SMILES string of the molecule is CC(C)c1ccc(Oc2ccc3nc(COc4ccc(CC5SC(=O)NC5=O)cc4)n(C)c3c2)c(N)c1. The molecule has 0 radical (unpaired) electrons. The maximum Gasteiger partial charge on any atom is 0.286 e. The van der Waals surface area contributed by atoms with Gasteiger partial charge in [-0.1, -0.05) is 43.8 Å². The van der Waals surface area contributed by atoms with Gasteiger partial charge in [0.25, 0.3) is 5.24 Å². The van der Waals surface area contributed by atoms with E-state index in [1.54, 1.807) is 0 Å². The maximum atomic E-state index is 11.8. The number of nitrogens with one attached hydrogen (secondary N) is 1. The van der Waals surface area contributed by atoms with Crippen LogP contribution in [0.2, 0.25) is 0 Å². The van der Waals surface area contributed by atoms with Crippen molar-refractivity contribution in [2.24, 2.45) is 7.05 Å². The molecule has 2 heterocycles. The topological polar surface area (TPSA) is 108 Å². The number of imidazole rings is 1. The van der Waals surface area contributed by atoms with Gasteiger partial charge in [0.05, 0.1) is 22.0 Å². The number of hydrogen-bond acceptors (Lipinski definition) is 7. The van der Waals surface area contributed by atoms with Gasteiger partial charge in [-0.15, -0.1) is 0 Å². The maximum absolute atomic E-state index is 11.8. The number of carbonyl (C=O) groups excluding carboxylic acids is 2. The molecule has 0 aliphatic carbocycles. The van der Waals surface area contributed by atoms with E-state index in [1.165, 1.54) is 5.56 Å². The van der Waals surface area contributed by atoms with E-state index < -0.39 is 0 Å². The number of imide groups is 1. The van der Waals surface area contributed by atoms with Gasteiger partial charge in [0.15, 0.2) is 0 Å². The van der Waals surface area contributed by atoms with Gasteiger partial charge in [-0.2, -0.15) is 0 Å². The third kappa shape index (κ3) is 5.41. The zero-order chi connectivity index (χ0) is 26.1. The minimum Gasteiger partial charge on any atom is -0.486 e. The average Bonchev–Trinajstić information content (AvgIpc) is 3.36. The van der Waals surface area contributed by atoms with Crippen LogP contribution in [0.5, 0.6) is 17.2 Å². The standard InChI is InChI=1S/C28H28N4O4S/c1-16(2)18-6-11-24(21(29)13-18)36-20-9-10-22-23(14-20)32(3)26(30-22)15-35-19-7-4-17(5-8-19)12-25-27(33)31-28(34)37-25/h4-11,13-14,16,25H,12,15,29H2,1-3H3,(H,31,33,34). The minimum atomic E-state index is -0.385. The molecule has 4 aromatic rings. The molecule has 8 nitrogen and oxygen atoms in total. The Balaban J connectivity index is 1.24. The van der Waals surface area contributed by atoms with Crippen molar-refractivity contribution < 1.29 is 19.1 Å². The number of carbonyl (C=O) groups is 2. The molecular formula is C28H28N4O4S. The highest BCUT2D eigenvalue weighted by atomic mass is 32.2. The average molecular weight is 517 g/mol. The monoisotopic (exact) mass is 516 g/mol. The summed E-state index contributed by atoms with van der Waals surface area (Å²) < 4.78 is 14.0. The third-order valence-corrected chi connectivity index (χ3v) is 7.33. The smallest absolute Gasteiger partial charge is 0.286 e. The highest BCUT2D eigenvalue weighted by Gasteiger charge is 2.31. The van der Waals surface area contributed by atoms with E-state index in [0.29, 0.717) is 41.9 Å². The van der Waals surface area contributed by atoms with Crippen LogP contribution in [0.3, 0.4) is 0 Å². The van der Waals surface area contributed by atoms with Crippen LogP contribution >= 0.6 is 11.8 Å². The number of nitrogens with two attached hydrogens (primary N) is 1. The van der Waals surface area contributed by atoms with Gasteiger partial charge >= 0.3 is 0 Å². The van der Waals surface area contributed by atoms with E-state index in [0.717, 1.165) is 34.2 Å². The van der Waals surface area contributed by atoms with Crippen LogP contribution < -0.4 is 20.5 Å². The van der Waals surface area contributed by atoms with Crippen LogP contribution in [0.15, 0.2) is 60.7 Å². The number of anilines is 1. The van der Waals surface area contributed by atoms with Crippen molar-refractivity contribution in [3.63, 3.8) is 0 Å². The van der Waals surface area contributed by atoms with Crippen molar-refractivity contribution in [1.82, 2.24) is 14.9 Å². The number of aryl methyl sites for hydroxylation is 1. The molecule has 5 rings (SSSR count). The van der Waals surface area contributed by atoms with Crippen LogP contribution in [0.1, 0.15) is 36.7 Å². The number of thioether (sulfide) groups is 1. The van der Waals surface area contributed by atoms with Crippen LogP contribution in [0.4, 0.5) is 10.5 Å². The second-order valence-electron chi connectivity index (χ2n) is 9.31.